The summed E-state index contributed by atoms with van der Waals surface area (Å²) in [5.74, 6) is -0.258. The highest BCUT2D eigenvalue weighted by atomic mass is 16.7. The number of allylic oxidation sites excluding steroid dienone is 10. The lowest BCUT2D eigenvalue weighted by Gasteiger charge is -2.40. The van der Waals surface area contributed by atoms with Gasteiger partial charge in [-0.05, 0) is 96.3 Å². The molecule has 1 heterocycles. The summed E-state index contributed by atoms with van der Waals surface area (Å²) in [6, 6.07) is -0.832. The fourth-order valence-electron chi connectivity index (χ4n) is 9.32. The molecule has 6 N–H and O–H groups in total. The van der Waals surface area contributed by atoms with Crippen LogP contribution in [0.15, 0.2) is 72.9 Å². The predicted octanol–water partition coefficient (Wildman–Crippen LogP) is 14.8. The molecule has 7 unspecified atom stereocenters. The average Bonchev–Trinajstić information content (AvgIpc) is 3.42. The minimum absolute atomic E-state index is 0.0572. The molecule has 0 bridgehead atoms. The number of hydrogen-bond acceptors (Lipinski definition) is 10. The van der Waals surface area contributed by atoms with Crippen LogP contribution in [0, 0.1) is 0 Å². The van der Waals surface area contributed by atoms with E-state index in [0.717, 1.165) is 83.5 Å². The van der Waals surface area contributed by atoms with Crippen LogP contribution in [0.1, 0.15) is 264 Å². The Hall–Kier alpha value is -2.90. The van der Waals surface area contributed by atoms with E-state index in [-0.39, 0.29) is 18.5 Å². The summed E-state index contributed by atoms with van der Waals surface area (Å²) in [5, 5.41) is 54.2. The van der Waals surface area contributed by atoms with Crippen molar-refractivity contribution in [1.82, 2.24) is 5.32 Å². The second kappa shape index (κ2) is 54.1. The van der Waals surface area contributed by atoms with Gasteiger partial charge in [0.2, 0.25) is 5.91 Å². The number of nitrogens with one attached hydrogen (secondary N) is 1. The van der Waals surface area contributed by atoms with Crippen molar-refractivity contribution in [3.8, 4) is 0 Å². The largest absolute Gasteiger partial charge is 0.465 e. The zero-order chi connectivity index (χ0) is 55.2. The van der Waals surface area contributed by atoms with Gasteiger partial charge >= 0.3 is 5.97 Å². The molecule has 1 rings (SSSR count). The van der Waals surface area contributed by atoms with Crippen molar-refractivity contribution in [2.24, 2.45) is 0 Å². The van der Waals surface area contributed by atoms with Gasteiger partial charge in [0, 0.05) is 12.8 Å². The summed E-state index contributed by atoms with van der Waals surface area (Å²) in [6.45, 7) is 4.14. The number of hydrogen-bond donors (Lipinski definition) is 6. The Labute approximate surface area is 464 Å². The molecule has 0 aromatic rings. The van der Waals surface area contributed by atoms with Crippen molar-refractivity contribution in [2.75, 3.05) is 19.8 Å². The Balaban J connectivity index is 2.01. The van der Waals surface area contributed by atoms with Crippen molar-refractivity contribution in [3.05, 3.63) is 72.9 Å². The van der Waals surface area contributed by atoms with E-state index in [1.54, 1.807) is 6.08 Å². The zero-order valence-electron chi connectivity index (χ0n) is 48.4. The topological polar surface area (TPSA) is 175 Å². The van der Waals surface area contributed by atoms with E-state index in [4.69, 9.17) is 14.2 Å². The minimum atomic E-state index is -1.58. The lowest BCUT2D eigenvalue weighted by atomic mass is 9.99. The average molecular weight is 1070 g/mol. The molecular formula is C65H115NO10. The van der Waals surface area contributed by atoms with E-state index < -0.39 is 49.5 Å². The van der Waals surface area contributed by atoms with Gasteiger partial charge in [0.15, 0.2) is 6.29 Å². The van der Waals surface area contributed by atoms with Crippen LogP contribution < -0.4 is 5.32 Å². The molecule has 1 aliphatic heterocycles. The fourth-order valence-corrected chi connectivity index (χ4v) is 9.32. The second-order valence-electron chi connectivity index (χ2n) is 21.4. The van der Waals surface area contributed by atoms with Crippen molar-refractivity contribution >= 4 is 11.9 Å². The first-order chi connectivity index (χ1) is 37.2. The fraction of sp³-hybridized carbons (Fsp3) is 0.785. The quantitative estimate of drug-likeness (QED) is 0.0195. The van der Waals surface area contributed by atoms with E-state index in [1.807, 2.05) is 6.08 Å². The van der Waals surface area contributed by atoms with E-state index in [1.165, 1.54) is 154 Å². The molecule has 1 saturated heterocycles. The third kappa shape index (κ3) is 43.0. The second-order valence-corrected chi connectivity index (χ2v) is 21.4. The summed E-state index contributed by atoms with van der Waals surface area (Å²) in [4.78, 5) is 25.1. The van der Waals surface area contributed by atoms with E-state index in [2.05, 4.69) is 79.9 Å². The van der Waals surface area contributed by atoms with Crippen LogP contribution in [0.5, 0.6) is 0 Å². The molecule has 11 nitrogen and oxygen atoms in total. The number of ether oxygens (including phenoxy) is 3. The third-order valence-corrected chi connectivity index (χ3v) is 14.3. The first-order valence-electron chi connectivity index (χ1n) is 31.2. The molecule has 0 aliphatic carbocycles. The molecular weight excluding hydrogens is 955 g/mol. The van der Waals surface area contributed by atoms with Gasteiger partial charge in [0.1, 0.15) is 24.4 Å². The SMILES string of the molecule is CCCCC/C=C/CC/C=C/C(O)C(COC1OC(CO)C(O)C(O)C1O)NC(=O)CCCCCCCCCCCCCCCC/C=C\C/C=C\CCOC(=O)CCCCCCCCC/C=C\C/C=C\CCCCCC. The molecule has 11 heteroatoms. The molecule has 440 valence electrons. The van der Waals surface area contributed by atoms with Gasteiger partial charge in [-0.1, -0.05) is 228 Å². The first-order valence-corrected chi connectivity index (χ1v) is 31.2. The Morgan fingerprint density at radius 2 is 0.895 bits per heavy atom. The van der Waals surface area contributed by atoms with Crippen molar-refractivity contribution in [2.45, 2.75) is 307 Å². The highest BCUT2D eigenvalue weighted by Crippen LogP contribution is 2.23. The smallest absolute Gasteiger partial charge is 0.305 e. The molecule has 1 fully saturated rings. The first kappa shape index (κ1) is 71.1. The molecule has 0 aromatic heterocycles. The van der Waals surface area contributed by atoms with Crippen LogP contribution in [0.25, 0.3) is 0 Å². The maximum atomic E-state index is 13.0. The van der Waals surface area contributed by atoms with Crippen LogP contribution >= 0.6 is 0 Å². The van der Waals surface area contributed by atoms with E-state index >= 15 is 0 Å². The lowest BCUT2D eigenvalue weighted by Crippen LogP contribution is -2.60. The lowest BCUT2D eigenvalue weighted by molar-refractivity contribution is -0.302. The Morgan fingerprint density at radius 1 is 0.487 bits per heavy atom. The highest BCUT2D eigenvalue weighted by molar-refractivity contribution is 5.76. The highest BCUT2D eigenvalue weighted by Gasteiger charge is 2.44. The summed E-state index contributed by atoms with van der Waals surface area (Å²) in [5.41, 5.74) is 0. The number of carbonyl (C=O) groups excluding carboxylic acids is 2. The number of rotatable bonds is 53. The predicted molar refractivity (Wildman–Crippen MR) is 315 cm³/mol. The van der Waals surface area contributed by atoms with Gasteiger partial charge in [-0.15, -0.1) is 0 Å². The molecule has 0 aromatic carbocycles. The molecule has 0 saturated carbocycles. The van der Waals surface area contributed by atoms with Crippen LogP contribution in [0.3, 0.4) is 0 Å². The Bertz CT molecular complexity index is 1490. The maximum absolute atomic E-state index is 13.0. The molecule has 0 radical (unpaired) electrons. The van der Waals surface area contributed by atoms with Gasteiger partial charge < -0.3 is 45.1 Å². The summed E-state index contributed by atoms with van der Waals surface area (Å²) in [7, 11) is 0. The number of unbranched alkanes of at least 4 members (excludes halogenated alkanes) is 29. The molecule has 1 aliphatic rings. The van der Waals surface area contributed by atoms with Crippen molar-refractivity contribution < 1.29 is 49.3 Å². The summed E-state index contributed by atoms with van der Waals surface area (Å²) in [6.07, 6.45) is 61.8. The van der Waals surface area contributed by atoms with Gasteiger partial charge in [0.05, 0.1) is 32.0 Å². The van der Waals surface area contributed by atoms with Crippen LogP contribution in [-0.4, -0.2) is 100 Å². The standard InChI is InChI=1S/C65H115NO10/c1-3-5-7-9-11-13-14-15-16-17-24-27-30-33-37-41-45-49-53-61(70)74-54-50-46-42-38-34-31-28-25-22-20-18-19-21-23-26-29-32-36-40-44-48-52-60(69)66-57(58(68)51-47-43-39-35-12-10-8-6-4-2)56-75-65-64(73)63(72)62(71)59(55-67)76-65/h12-14,16-17,31,34-35,42,46-47,51,57-59,62-65,67-68,71-73H,3-11,15,18-30,32-33,36-41,43-45,48-50,52-56H2,1-2H3,(H,66,69)/b14-13-,17-16-,34-31-,35-12+,46-42-,51-47+. The molecule has 76 heavy (non-hydrogen) atoms. The number of aliphatic hydroxyl groups is 5. The molecule has 0 spiro atoms. The van der Waals surface area contributed by atoms with Gasteiger partial charge in [0.25, 0.3) is 0 Å². The van der Waals surface area contributed by atoms with E-state index in [9.17, 15) is 35.1 Å². The third-order valence-electron chi connectivity index (χ3n) is 14.3. The van der Waals surface area contributed by atoms with Gasteiger partial charge in [-0.25, -0.2) is 0 Å². The maximum Gasteiger partial charge on any atom is 0.305 e. The normalized spacial score (nSPS) is 19.2. The van der Waals surface area contributed by atoms with E-state index in [0.29, 0.717) is 19.4 Å². The molecule has 1 amide bonds. The van der Waals surface area contributed by atoms with Crippen molar-refractivity contribution in [3.63, 3.8) is 0 Å². The van der Waals surface area contributed by atoms with Crippen LogP contribution in [0.2, 0.25) is 0 Å². The van der Waals surface area contributed by atoms with Gasteiger partial charge in [-0.3, -0.25) is 9.59 Å². The molecule has 7 atom stereocenters. The number of amides is 1. The Kier molecular flexibility index (Phi) is 50.6. The summed E-state index contributed by atoms with van der Waals surface area (Å²) < 4.78 is 16.6. The zero-order valence-corrected chi connectivity index (χ0v) is 48.4. The van der Waals surface area contributed by atoms with Crippen LogP contribution in [-0.2, 0) is 23.8 Å². The summed E-state index contributed by atoms with van der Waals surface area (Å²) >= 11 is 0. The minimum Gasteiger partial charge on any atom is -0.465 e. The number of esters is 1. The van der Waals surface area contributed by atoms with Gasteiger partial charge in [-0.2, -0.15) is 0 Å². The number of carbonyl (C=O) groups is 2. The Morgan fingerprint density at radius 3 is 1.41 bits per heavy atom. The number of aliphatic hydroxyl groups excluding tert-OH is 5. The van der Waals surface area contributed by atoms with Crippen LogP contribution in [0.4, 0.5) is 0 Å². The monoisotopic (exact) mass is 1070 g/mol. The van der Waals surface area contributed by atoms with Crippen molar-refractivity contribution in [1.29, 1.82) is 0 Å².